The van der Waals surface area contributed by atoms with Crippen LogP contribution in [0.5, 0.6) is 5.75 Å². The number of rotatable bonds is 5. The topological polar surface area (TPSA) is 32.3 Å². The quantitative estimate of drug-likeness (QED) is 0.740. The Labute approximate surface area is 98.7 Å². The van der Waals surface area contributed by atoms with Gasteiger partial charge in [-0.25, -0.2) is 0 Å². The molecule has 1 rings (SSSR count). The number of anilines is 1. The van der Waals surface area contributed by atoms with E-state index in [1.165, 1.54) is 12.8 Å². The van der Waals surface area contributed by atoms with Gasteiger partial charge in [-0.15, -0.1) is 0 Å². The Hall–Kier alpha value is -1.18. The first-order valence-electron chi connectivity index (χ1n) is 6.12. The zero-order valence-electron chi connectivity index (χ0n) is 10.8. The maximum atomic E-state index is 9.57. The fourth-order valence-corrected chi connectivity index (χ4v) is 1.82. The summed E-state index contributed by atoms with van der Waals surface area (Å²) >= 11 is 0. The van der Waals surface area contributed by atoms with Crippen LogP contribution in [-0.4, -0.2) is 11.7 Å². The third kappa shape index (κ3) is 3.16. The lowest BCUT2D eigenvalue weighted by Crippen LogP contribution is -2.13. The van der Waals surface area contributed by atoms with Gasteiger partial charge >= 0.3 is 0 Å². The van der Waals surface area contributed by atoms with E-state index in [9.17, 15) is 5.11 Å². The predicted molar refractivity (Wildman–Crippen MR) is 70.1 cm³/mol. The van der Waals surface area contributed by atoms with Crippen LogP contribution in [0, 0.1) is 19.8 Å². The summed E-state index contributed by atoms with van der Waals surface area (Å²) in [5, 5.41) is 13.0. The van der Waals surface area contributed by atoms with E-state index < -0.39 is 0 Å². The summed E-state index contributed by atoms with van der Waals surface area (Å²) < 4.78 is 0. The zero-order chi connectivity index (χ0) is 12.1. The van der Waals surface area contributed by atoms with Crippen LogP contribution in [0.15, 0.2) is 12.1 Å². The molecule has 1 aromatic rings. The van der Waals surface area contributed by atoms with Crippen LogP contribution in [0.4, 0.5) is 5.69 Å². The van der Waals surface area contributed by atoms with Gasteiger partial charge in [0.2, 0.25) is 0 Å². The molecule has 0 saturated carbocycles. The van der Waals surface area contributed by atoms with Crippen molar-refractivity contribution in [2.45, 2.75) is 40.5 Å². The molecule has 1 aromatic carbocycles. The number of benzene rings is 1. The van der Waals surface area contributed by atoms with Gasteiger partial charge in [0.25, 0.3) is 0 Å². The number of nitrogens with one attached hydrogen (secondary N) is 1. The number of hydrogen-bond donors (Lipinski definition) is 2. The third-order valence-corrected chi connectivity index (χ3v) is 3.28. The molecule has 0 bridgehead atoms. The van der Waals surface area contributed by atoms with Crippen LogP contribution < -0.4 is 5.32 Å². The van der Waals surface area contributed by atoms with Crippen LogP contribution in [0.25, 0.3) is 0 Å². The molecule has 0 amide bonds. The molecule has 0 atom stereocenters. The van der Waals surface area contributed by atoms with E-state index in [4.69, 9.17) is 0 Å². The monoisotopic (exact) mass is 221 g/mol. The minimum absolute atomic E-state index is 0.380. The molecule has 2 N–H and O–H groups in total. The van der Waals surface area contributed by atoms with Crippen LogP contribution in [0.2, 0.25) is 0 Å². The molecule has 0 aliphatic rings. The van der Waals surface area contributed by atoms with Crippen LogP contribution in [-0.2, 0) is 0 Å². The fraction of sp³-hybridized carbons (Fsp3) is 0.571. The highest BCUT2D eigenvalue weighted by molar-refractivity contribution is 5.56. The normalized spacial score (nSPS) is 10.8. The lowest BCUT2D eigenvalue weighted by Gasteiger charge is -2.16. The van der Waals surface area contributed by atoms with Crippen molar-refractivity contribution in [3.05, 3.63) is 23.3 Å². The first-order chi connectivity index (χ1) is 7.58. The first kappa shape index (κ1) is 12.9. The van der Waals surface area contributed by atoms with E-state index in [0.717, 1.165) is 29.3 Å². The largest absolute Gasteiger partial charge is 0.508 e. The second kappa shape index (κ2) is 5.78. The number of aromatic hydroxyl groups is 1. The minimum Gasteiger partial charge on any atom is -0.508 e. The molecular weight excluding hydrogens is 198 g/mol. The average molecular weight is 221 g/mol. The van der Waals surface area contributed by atoms with E-state index >= 15 is 0 Å². The van der Waals surface area contributed by atoms with Gasteiger partial charge in [-0.3, -0.25) is 0 Å². The number of hydrogen-bond acceptors (Lipinski definition) is 2. The Morgan fingerprint density at radius 1 is 1.12 bits per heavy atom. The summed E-state index contributed by atoms with van der Waals surface area (Å²) in [7, 11) is 0. The molecule has 16 heavy (non-hydrogen) atoms. The predicted octanol–water partition coefficient (Wildman–Crippen LogP) is 3.86. The molecule has 0 aliphatic heterocycles. The summed E-state index contributed by atoms with van der Waals surface area (Å²) in [4.78, 5) is 0. The van der Waals surface area contributed by atoms with Crippen molar-refractivity contribution in [2.24, 2.45) is 5.92 Å². The molecule has 0 radical (unpaired) electrons. The molecule has 0 aromatic heterocycles. The minimum atomic E-state index is 0.380. The Bertz CT molecular complexity index is 343. The Morgan fingerprint density at radius 3 is 2.31 bits per heavy atom. The van der Waals surface area contributed by atoms with Gasteiger partial charge in [-0.05, 0) is 43.0 Å². The second-order valence-corrected chi connectivity index (χ2v) is 4.52. The molecule has 90 valence electrons. The number of aryl methyl sites for hydroxylation is 2. The van der Waals surface area contributed by atoms with E-state index in [2.05, 4.69) is 19.2 Å². The summed E-state index contributed by atoms with van der Waals surface area (Å²) in [6, 6.07) is 3.84. The van der Waals surface area contributed by atoms with Crippen molar-refractivity contribution in [1.82, 2.24) is 0 Å². The summed E-state index contributed by atoms with van der Waals surface area (Å²) in [6.45, 7) is 9.42. The van der Waals surface area contributed by atoms with Gasteiger partial charge in [0.15, 0.2) is 0 Å². The van der Waals surface area contributed by atoms with Gasteiger partial charge in [0.1, 0.15) is 5.75 Å². The van der Waals surface area contributed by atoms with Crippen LogP contribution >= 0.6 is 0 Å². The van der Waals surface area contributed by atoms with E-state index in [-0.39, 0.29) is 0 Å². The highest BCUT2D eigenvalue weighted by atomic mass is 16.3. The SMILES string of the molecule is CCC(CC)CNc1cc(C)c(O)cc1C. The Kier molecular flexibility index (Phi) is 4.66. The van der Waals surface area contributed by atoms with E-state index in [0.29, 0.717) is 5.75 Å². The maximum absolute atomic E-state index is 9.57. The third-order valence-electron chi connectivity index (χ3n) is 3.28. The molecule has 0 spiro atoms. The average Bonchev–Trinajstić information content (AvgIpc) is 2.26. The maximum Gasteiger partial charge on any atom is 0.118 e. The van der Waals surface area contributed by atoms with Crippen molar-refractivity contribution in [3.63, 3.8) is 0 Å². The Balaban J connectivity index is 2.70. The molecule has 0 fully saturated rings. The molecular formula is C14H23NO. The van der Waals surface area contributed by atoms with Gasteiger partial charge in [0, 0.05) is 12.2 Å². The highest BCUT2D eigenvalue weighted by Crippen LogP contribution is 2.25. The van der Waals surface area contributed by atoms with Gasteiger partial charge in [-0.2, -0.15) is 0 Å². The van der Waals surface area contributed by atoms with Crippen molar-refractivity contribution in [1.29, 1.82) is 0 Å². The summed E-state index contributed by atoms with van der Waals surface area (Å²) in [5.74, 6) is 1.11. The van der Waals surface area contributed by atoms with Crippen molar-refractivity contribution in [3.8, 4) is 5.75 Å². The standard InChI is InChI=1S/C14H23NO/c1-5-12(6-2)9-15-13-7-11(4)14(16)8-10(13)3/h7-8,12,15-16H,5-6,9H2,1-4H3. The van der Waals surface area contributed by atoms with Crippen molar-refractivity contribution >= 4 is 5.69 Å². The second-order valence-electron chi connectivity index (χ2n) is 4.52. The van der Waals surface area contributed by atoms with Gasteiger partial charge in [0.05, 0.1) is 0 Å². The highest BCUT2D eigenvalue weighted by Gasteiger charge is 2.06. The molecule has 2 nitrogen and oxygen atoms in total. The zero-order valence-corrected chi connectivity index (χ0v) is 10.8. The van der Waals surface area contributed by atoms with Crippen LogP contribution in [0.1, 0.15) is 37.8 Å². The molecule has 0 unspecified atom stereocenters. The van der Waals surface area contributed by atoms with Crippen molar-refractivity contribution in [2.75, 3.05) is 11.9 Å². The first-order valence-corrected chi connectivity index (χ1v) is 6.12. The van der Waals surface area contributed by atoms with E-state index in [1.54, 1.807) is 0 Å². The van der Waals surface area contributed by atoms with Crippen LogP contribution in [0.3, 0.4) is 0 Å². The summed E-state index contributed by atoms with van der Waals surface area (Å²) in [6.07, 6.45) is 2.42. The molecule has 0 aliphatic carbocycles. The molecule has 0 saturated heterocycles. The Morgan fingerprint density at radius 2 is 1.75 bits per heavy atom. The molecule has 2 heteroatoms. The van der Waals surface area contributed by atoms with E-state index in [1.807, 2.05) is 26.0 Å². The number of phenols is 1. The summed E-state index contributed by atoms with van der Waals surface area (Å²) in [5.41, 5.74) is 3.17. The smallest absolute Gasteiger partial charge is 0.118 e. The number of phenolic OH excluding ortho intramolecular Hbond substituents is 1. The lowest BCUT2D eigenvalue weighted by molar-refractivity contribution is 0.470. The fourth-order valence-electron chi connectivity index (χ4n) is 1.82. The van der Waals surface area contributed by atoms with Crippen molar-refractivity contribution < 1.29 is 5.11 Å². The lowest BCUT2D eigenvalue weighted by atomic mass is 10.0. The van der Waals surface area contributed by atoms with Gasteiger partial charge < -0.3 is 10.4 Å². The molecule has 0 heterocycles. The van der Waals surface area contributed by atoms with Gasteiger partial charge in [-0.1, -0.05) is 26.7 Å².